The van der Waals surface area contributed by atoms with Crippen LogP contribution < -0.4 is 0 Å². The minimum absolute atomic E-state index is 0.764. The quantitative estimate of drug-likeness (QED) is 0.420. The molecule has 0 saturated heterocycles. The molecule has 0 aromatic rings. The third-order valence-corrected chi connectivity index (χ3v) is 0.736. The molecule has 1 nitrogen and oxygen atoms in total. The predicted octanol–water partition coefficient (Wildman–Crippen LogP) is 0.766. The molecule has 0 aliphatic carbocycles. The van der Waals surface area contributed by atoms with Crippen LogP contribution in [0.25, 0.3) is 0 Å². The molecule has 1 radical (unpaired) electrons. The zero-order chi connectivity index (χ0) is 4.24. The first-order valence-corrected chi connectivity index (χ1v) is 2.13. The summed E-state index contributed by atoms with van der Waals surface area (Å²) < 4.78 is 4.95. The minimum Gasteiger partial charge on any atom is -0.377 e. The molecule has 0 aromatic heterocycles. The third-order valence-electron chi connectivity index (χ3n) is 0.736. The Balaban J connectivity index is 2.26. The zero-order valence-electron chi connectivity index (χ0n) is 3.61. The molecular weight excluding hydrogens is 76.1 g/mol. The van der Waals surface area contributed by atoms with E-state index in [-0.39, 0.29) is 0 Å². The van der Waals surface area contributed by atoms with E-state index in [1.165, 1.54) is 0 Å². The maximum Gasteiger partial charge on any atom is 0.0653 e. The van der Waals surface area contributed by atoms with E-state index >= 15 is 0 Å². The smallest absolute Gasteiger partial charge is 0.0653 e. The number of rotatable bonds is 0. The fourth-order valence-corrected chi connectivity index (χ4v) is 0.434. The van der Waals surface area contributed by atoms with Crippen molar-refractivity contribution < 1.29 is 4.74 Å². The van der Waals surface area contributed by atoms with Crippen molar-refractivity contribution in [1.29, 1.82) is 0 Å². The van der Waals surface area contributed by atoms with Crippen LogP contribution in [0.1, 0.15) is 6.42 Å². The van der Waals surface area contributed by atoms with Gasteiger partial charge in [0.15, 0.2) is 0 Å². The maximum atomic E-state index is 4.95. The minimum atomic E-state index is 0.764. The van der Waals surface area contributed by atoms with Crippen LogP contribution in [0.3, 0.4) is 0 Å². The molecule has 0 N–H and O–H groups in total. The lowest BCUT2D eigenvalue weighted by Crippen LogP contribution is -1.97. The fraction of sp³-hybridized carbons (Fsp3) is 0.600. The van der Waals surface area contributed by atoms with E-state index in [9.17, 15) is 0 Å². The van der Waals surface area contributed by atoms with Crippen molar-refractivity contribution in [2.45, 2.75) is 6.42 Å². The van der Waals surface area contributed by atoms with Gasteiger partial charge in [0.25, 0.3) is 0 Å². The normalized spacial score (nSPS) is 21.3. The van der Waals surface area contributed by atoms with Crippen molar-refractivity contribution in [3.8, 4) is 0 Å². The van der Waals surface area contributed by atoms with Gasteiger partial charge < -0.3 is 4.74 Å². The monoisotopic (exact) mass is 83.0 g/mol. The summed E-state index contributed by atoms with van der Waals surface area (Å²) in [5.74, 6) is 0. The number of hydrogen-bond donors (Lipinski definition) is 0. The van der Waals surface area contributed by atoms with Gasteiger partial charge in [0.2, 0.25) is 0 Å². The van der Waals surface area contributed by atoms with Crippen molar-refractivity contribution in [2.75, 3.05) is 13.2 Å². The highest BCUT2D eigenvalue weighted by Gasteiger charge is 1.86. The summed E-state index contributed by atoms with van der Waals surface area (Å²) in [7, 11) is 0. The van der Waals surface area contributed by atoms with Crippen molar-refractivity contribution in [1.82, 2.24) is 0 Å². The highest BCUT2D eigenvalue weighted by molar-refractivity contribution is 4.76. The molecule has 1 aliphatic heterocycles. The first kappa shape index (κ1) is 3.88. The molecule has 6 heavy (non-hydrogen) atoms. The lowest BCUT2D eigenvalue weighted by molar-refractivity contribution is 0.156. The molecule has 0 aromatic carbocycles. The van der Waals surface area contributed by atoms with E-state index in [2.05, 4.69) is 6.08 Å². The van der Waals surface area contributed by atoms with Crippen LogP contribution in [0, 0.1) is 6.08 Å². The third kappa shape index (κ3) is 0.830. The van der Waals surface area contributed by atoms with E-state index in [1.807, 2.05) is 6.08 Å². The Morgan fingerprint density at radius 2 is 2.67 bits per heavy atom. The van der Waals surface area contributed by atoms with Crippen LogP contribution in [0.5, 0.6) is 0 Å². The van der Waals surface area contributed by atoms with E-state index in [4.69, 9.17) is 4.74 Å². The zero-order valence-corrected chi connectivity index (χ0v) is 3.61. The molecule has 0 fully saturated rings. The average Bonchev–Trinajstić information content (AvgIpc) is 1.72. The van der Waals surface area contributed by atoms with Gasteiger partial charge in [-0.05, 0) is 12.5 Å². The van der Waals surface area contributed by atoms with Gasteiger partial charge in [-0.15, -0.1) is 0 Å². The van der Waals surface area contributed by atoms with Crippen LogP contribution in [0.4, 0.5) is 0 Å². The van der Waals surface area contributed by atoms with Gasteiger partial charge in [-0.2, -0.15) is 0 Å². The molecule has 33 valence electrons. The van der Waals surface area contributed by atoms with Gasteiger partial charge in [-0.1, -0.05) is 6.08 Å². The largest absolute Gasteiger partial charge is 0.377 e. The second-order valence-electron chi connectivity index (χ2n) is 1.23. The maximum absolute atomic E-state index is 4.95. The molecule has 1 heterocycles. The summed E-state index contributed by atoms with van der Waals surface area (Å²) in [6, 6.07) is 0. The Bertz CT molecular complexity index is 49.0. The van der Waals surface area contributed by atoms with Crippen LogP contribution in [0.2, 0.25) is 0 Å². The molecule has 1 heteroatoms. The second kappa shape index (κ2) is 1.98. The molecule has 0 saturated carbocycles. The van der Waals surface area contributed by atoms with Crippen LogP contribution in [-0.4, -0.2) is 13.2 Å². The molecule has 0 amide bonds. The van der Waals surface area contributed by atoms with Gasteiger partial charge in [0.1, 0.15) is 0 Å². The summed E-state index contributed by atoms with van der Waals surface area (Å²) in [5, 5.41) is 0. The second-order valence-corrected chi connectivity index (χ2v) is 1.23. The van der Waals surface area contributed by atoms with Crippen LogP contribution >= 0.6 is 0 Å². The SMILES string of the molecule is [C]1=CCOCC1. The Morgan fingerprint density at radius 3 is 2.83 bits per heavy atom. The van der Waals surface area contributed by atoms with E-state index in [0.29, 0.717) is 0 Å². The van der Waals surface area contributed by atoms with Crippen molar-refractivity contribution in [2.24, 2.45) is 0 Å². The predicted molar refractivity (Wildman–Crippen MR) is 23.2 cm³/mol. The summed E-state index contributed by atoms with van der Waals surface area (Å²) in [6.45, 7) is 1.62. The molecule has 1 aliphatic rings. The Kier molecular flexibility index (Phi) is 1.28. The Labute approximate surface area is 37.6 Å². The highest BCUT2D eigenvalue weighted by Crippen LogP contribution is 1.90. The van der Waals surface area contributed by atoms with Crippen molar-refractivity contribution in [3.05, 3.63) is 12.2 Å². The summed E-state index contributed by atoms with van der Waals surface area (Å²) in [6.07, 6.45) is 5.93. The van der Waals surface area contributed by atoms with Gasteiger partial charge in [-0.3, -0.25) is 0 Å². The van der Waals surface area contributed by atoms with Gasteiger partial charge in [0, 0.05) is 0 Å². The lowest BCUT2D eigenvalue weighted by atomic mass is 10.3. The van der Waals surface area contributed by atoms with E-state index < -0.39 is 0 Å². The van der Waals surface area contributed by atoms with E-state index in [0.717, 1.165) is 19.6 Å². The average molecular weight is 83.1 g/mol. The fourth-order valence-electron chi connectivity index (χ4n) is 0.434. The van der Waals surface area contributed by atoms with Crippen LogP contribution in [-0.2, 0) is 4.74 Å². The molecule has 0 spiro atoms. The molecular formula is C5H7O. The van der Waals surface area contributed by atoms with E-state index in [1.54, 1.807) is 0 Å². The first-order valence-electron chi connectivity index (χ1n) is 2.13. The van der Waals surface area contributed by atoms with Gasteiger partial charge in [-0.25, -0.2) is 0 Å². The van der Waals surface area contributed by atoms with Crippen molar-refractivity contribution >= 4 is 0 Å². The summed E-state index contributed by atoms with van der Waals surface area (Å²) in [4.78, 5) is 0. The number of hydrogen-bond acceptors (Lipinski definition) is 1. The Morgan fingerprint density at radius 1 is 1.67 bits per heavy atom. The topological polar surface area (TPSA) is 9.23 Å². The molecule has 0 bridgehead atoms. The summed E-state index contributed by atoms with van der Waals surface area (Å²) in [5.41, 5.74) is 0. The van der Waals surface area contributed by atoms with Gasteiger partial charge >= 0.3 is 0 Å². The molecule has 1 rings (SSSR count). The summed E-state index contributed by atoms with van der Waals surface area (Å²) >= 11 is 0. The van der Waals surface area contributed by atoms with Crippen molar-refractivity contribution in [3.63, 3.8) is 0 Å². The molecule has 0 unspecified atom stereocenters. The highest BCUT2D eigenvalue weighted by atomic mass is 16.5. The first-order chi connectivity index (χ1) is 3.00. The standard InChI is InChI=1S/C5H7O/c1-2-4-6-5-3-1/h2H,3-5H2. The van der Waals surface area contributed by atoms with Gasteiger partial charge in [0.05, 0.1) is 13.2 Å². The molecule has 0 atom stereocenters. The lowest BCUT2D eigenvalue weighted by Gasteiger charge is -2.00. The van der Waals surface area contributed by atoms with Crippen LogP contribution in [0.15, 0.2) is 6.08 Å². The number of ether oxygens (including phenoxy) is 1. The Hall–Kier alpha value is -0.300.